The summed E-state index contributed by atoms with van der Waals surface area (Å²) in [4.78, 5) is 4.14. The molecule has 0 spiro atoms. The molecule has 6 nitrogen and oxygen atoms in total. The van der Waals surface area contributed by atoms with E-state index in [2.05, 4.69) is 48.5 Å². The molecule has 33 heavy (non-hydrogen) atoms. The Hall–Kier alpha value is -2.87. The molecule has 2 N–H and O–H groups in total. The summed E-state index contributed by atoms with van der Waals surface area (Å²) < 4.78 is 28.0. The van der Waals surface area contributed by atoms with E-state index in [1.165, 1.54) is 15.7 Å². The normalized spacial score (nSPS) is 11.9. The van der Waals surface area contributed by atoms with E-state index >= 15 is 0 Å². The number of nitrogens with one attached hydrogen (secondary N) is 2. The van der Waals surface area contributed by atoms with Gasteiger partial charge in [0, 0.05) is 41.9 Å². The van der Waals surface area contributed by atoms with Gasteiger partial charge < -0.3 is 10.6 Å². The summed E-state index contributed by atoms with van der Waals surface area (Å²) in [6.07, 6.45) is 4.62. The molecule has 0 bridgehead atoms. The highest BCUT2D eigenvalue weighted by Gasteiger charge is 2.21. The molecule has 0 saturated carbocycles. The maximum atomic E-state index is 13.3. The quantitative estimate of drug-likeness (QED) is 0.380. The predicted octanol–water partition coefficient (Wildman–Crippen LogP) is 5.46. The summed E-state index contributed by atoms with van der Waals surface area (Å²) >= 11 is 0. The number of benzene rings is 2. The van der Waals surface area contributed by atoms with Gasteiger partial charge >= 0.3 is 0 Å². The number of anilines is 2. The Bertz CT molecular complexity index is 1340. The second-order valence-electron chi connectivity index (χ2n) is 8.86. The van der Waals surface area contributed by atoms with Gasteiger partial charge in [-0.2, -0.15) is 0 Å². The van der Waals surface area contributed by atoms with Crippen molar-refractivity contribution in [2.24, 2.45) is 0 Å². The number of pyridine rings is 1. The van der Waals surface area contributed by atoms with Crippen LogP contribution in [0.1, 0.15) is 31.9 Å². The summed E-state index contributed by atoms with van der Waals surface area (Å²) in [5, 5.41) is 7.40. The van der Waals surface area contributed by atoms with Crippen molar-refractivity contribution < 1.29 is 8.42 Å². The van der Waals surface area contributed by atoms with Crippen LogP contribution in [0.3, 0.4) is 0 Å². The zero-order valence-corrected chi connectivity index (χ0v) is 20.8. The number of hydrogen-bond donors (Lipinski definition) is 2. The molecule has 0 atom stereocenters. The zero-order chi connectivity index (χ0) is 22.9. The van der Waals surface area contributed by atoms with Gasteiger partial charge in [0.1, 0.15) is 4.90 Å². The molecular weight excluding hydrogens is 456 g/mol. The van der Waals surface area contributed by atoms with Crippen LogP contribution in [0, 0.1) is 0 Å². The lowest BCUT2D eigenvalue weighted by Gasteiger charge is -2.19. The Kier molecular flexibility index (Phi) is 7.17. The SMILES string of the molecule is CNCc1cn(S(=O)(=O)c2cccnc2)c2cc(Nc3ccc(C(C)(C)C)cc3)ccc12.Cl. The third-order valence-electron chi connectivity index (χ3n) is 5.45. The van der Waals surface area contributed by atoms with Crippen molar-refractivity contribution in [1.82, 2.24) is 14.3 Å². The number of rotatable bonds is 6. The van der Waals surface area contributed by atoms with E-state index in [4.69, 9.17) is 0 Å². The minimum Gasteiger partial charge on any atom is -0.355 e. The summed E-state index contributed by atoms with van der Waals surface area (Å²) in [6.45, 7) is 7.11. The van der Waals surface area contributed by atoms with Crippen LogP contribution in [-0.4, -0.2) is 24.4 Å². The first-order chi connectivity index (χ1) is 15.2. The first kappa shape index (κ1) is 24.8. The maximum absolute atomic E-state index is 13.3. The van der Waals surface area contributed by atoms with Gasteiger partial charge in [-0.05, 0) is 60.0 Å². The van der Waals surface area contributed by atoms with Gasteiger partial charge in [-0.25, -0.2) is 12.4 Å². The van der Waals surface area contributed by atoms with E-state index in [1.807, 2.05) is 37.4 Å². The molecule has 174 valence electrons. The molecule has 8 heteroatoms. The number of aromatic nitrogens is 2. The highest BCUT2D eigenvalue weighted by atomic mass is 35.5. The summed E-state index contributed by atoms with van der Waals surface area (Å²) in [7, 11) is -1.93. The molecule has 2 aromatic carbocycles. The van der Waals surface area contributed by atoms with Crippen LogP contribution in [0.15, 0.2) is 78.1 Å². The highest BCUT2D eigenvalue weighted by molar-refractivity contribution is 7.90. The molecule has 0 aliphatic heterocycles. The van der Waals surface area contributed by atoms with E-state index < -0.39 is 10.0 Å². The van der Waals surface area contributed by atoms with Gasteiger partial charge in [0.25, 0.3) is 10.0 Å². The lowest BCUT2D eigenvalue weighted by molar-refractivity contribution is 0.588. The van der Waals surface area contributed by atoms with Crippen LogP contribution in [0.2, 0.25) is 0 Å². The minimum atomic E-state index is -3.78. The third kappa shape index (κ3) is 5.05. The molecule has 2 aromatic heterocycles. The Morgan fingerprint density at radius 2 is 1.70 bits per heavy atom. The van der Waals surface area contributed by atoms with Crippen LogP contribution in [0.5, 0.6) is 0 Å². The molecule has 0 fully saturated rings. The van der Waals surface area contributed by atoms with Crippen LogP contribution in [0.25, 0.3) is 10.9 Å². The summed E-state index contributed by atoms with van der Waals surface area (Å²) in [6, 6.07) is 17.3. The first-order valence-corrected chi connectivity index (χ1v) is 12.0. The second kappa shape index (κ2) is 9.55. The fourth-order valence-electron chi connectivity index (χ4n) is 3.71. The van der Waals surface area contributed by atoms with Crippen molar-refractivity contribution >= 4 is 44.7 Å². The van der Waals surface area contributed by atoms with Gasteiger partial charge in [-0.15, -0.1) is 12.4 Å². The smallest absolute Gasteiger partial charge is 0.269 e. The topological polar surface area (TPSA) is 76.0 Å². The van der Waals surface area contributed by atoms with Gasteiger partial charge in [-0.3, -0.25) is 4.98 Å². The van der Waals surface area contributed by atoms with Crippen molar-refractivity contribution in [3.8, 4) is 0 Å². The van der Waals surface area contributed by atoms with Crippen molar-refractivity contribution in [2.75, 3.05) is 12.4 Å². The van der Waals surface area contributed by atoms with Gasteiger partial charge in [0.2, 0.25) is 0 Å². The lowest BCUT2D eigenvalue weighted by Crippen LogP contribution is -2.12. The molecule has 4 aromatic rings. The Labute approximate surface area is 201 Å². The fourth-order valence-corrected chi connectivity index (χ4v) is 5.06. The Morgan fingerprint density at radius 1 is 1.00 bits per heavy atom. The number of nitrogens with zero attached hydrogens (tertiary/aromatic N) is 2. The molecular formula is C25H29ClN4O2S. The predicted molar refractivity (Wildman–Crippen MR) is 137 cm³/mol. The van der Waals surface area contributed by atoms with Crippen molar-refractivity contribution in [2.45, 2.75) is 37.6 Å². The Balaban J connectivity index is 0.00000306. The standard InChI is InChI=1S/C25H28N4O2S.ClH/c1-25(2,3)19-7-9-20(10-8-19)28-21-11-12-23-18(15-26-4)17-29(24(23)14-21)32(30,31)22-6-5-13-27-16-22;/h5-14,16-17,26,28H,15H2,1-4H3;1H. The maximum Gasteiger partial charge on any atom is 0.269 e. The average Bonchev–Trinajstić information content (AvgIpc) is 3.13. The fraction of sp³-hybridized carbons (Fsp3) is 0.240. The Morgan fingerprint density at radius 3 is 2.30 bits per heavy atom. The monoisotopic (exact) mass is 484 g/mol. The molecule has 0 unspecified atom stereocenters. The van der Waals surface area contributed by atoms with Crippen LogP contribution < -0.4 is 10.6 Å². The minimum absolute atomic E-state index is 0. The van der Waals surface area contributed by atoms with Gasteiger partial charge in [0.05, 0.1) is 5.52 Å². The van der Waals surface area contributed by atoms with Crippen LogP contribution >= 0.6 is 12.4 Å². The lowest BCUT2D eigenvalue weighted by atomic mass is 9.87. The molecule has 2 heterocycles. The van der Waals surface area contributed by atoms with Crippen LogP contribution in [-0.2, 0) is 22.0 Å². The van der Waals surface area contributed by atoms with E-state index in [-0.39, 0.29) is 22.7 Å². The molecule has 4 rings (SSSR count). The molecule has 0 aliphatic carbocycles. The van der Waals surface area contributed by atoms with E-state index in [0.29, 0.717) is 12.1 Å². The van der Waals surface area contributed by atoms with E-state index in [0.717, 1.165) is 22.3 Å². The zero-order valence-electron chi connectivity index (χ0n) is 19.2. The number of fused-ring (bicyclic) bond motifs is 1. The third-order valence-corrected chi connectivity index (χ3v) is 7.11. The number of halogens is 1. The first-order valence-electron chi connectivity index (χ1n) is 10.5. The molecule has 0 radical (unpaired) electrons. The van der Waals surface area contributed by atoms with Crippen molar-refractivity contribution in [3.05, 3.63) is 84.3 Å². The van der Waals surface area contributed by atoms with E-state index in [9.17, 15) is 8.42 Å². The summed E-state index contributed by atoms with van der Waals surface area (Å²) in [5.41, 5.74) is 4.64. The average molecular weight is 485 g/mol. The number of hydrogen-bond acceptors (Lipinski definition) is 5. The molecule has 0 amide bonds. The van der Waals surface area contributed by atoms with Crippen molar-refractivity contribution in [3.63, 3.8) is 0 Å². The van der Waals surface area contributed by atoms with Gasteiger partial charge in [0.15, 0.2) is 0 Å². The second-order valence-corrected chi connectivity index (χ2v) is 10.7. The van der Waals surface area contributed by atoms with Gasteiger partial charge in [-0.1, -0.05) is 39.0 Å². The van der Waals surface area contributed by atoms with E-state index in [1.54, 1.807) is 24.5 Å². The summed E-state index contributed by atoms with van der Waals surface area (Å²) in [5.74, 6) is 0. The molecule has 0 aliphatic rings. The van der Waals surface area contributed by atoms with Crippen molar-refractivity contribution in [1.29, 1.82) is 0 Å². The highest BCUT2D eigenvalue weighted by Crippen LogP contribution is 2.30. The largest absolute Gasteiger partial charge is 0.355 e. The molecule has 0 saturated heterocycles. The van der Waals surface area contributed by atoms with Crippen LogP contribution in [0.4, 0.5) is 11.4 Å².